The van der Waals surface area contributed by atoms with Gasteiger partial charge in [0.05, 0.1) is 11.3 Å². The monoisotopic (exact) mass is 255 g/mol. The summed E-state index contributed by atoms with van der Waals surface area (Å²) in [6.45, 7) is 0. The Labute approximate surface area is 104 Å². The summed E-state index contributed by atoms with van der Waals surface area (Å²) in [7, 11) is 0. The summed E-state index contributed by atoms with van der Waals surface area (Å²) in [5.41, 5.74) is 2.22. The van der Waals surface area contributed by atoms with Gasteiger partial charge in [0, 0.05) is 12.1 Å². The predicted octanol–water partition coefficient (Wildman–Crippen LogP) is 1.92. The van der Waals surface area contributed by atoms with Crippen LogP contribution in [-0.2, 0) is 0 Å². The van der Waals surface area contributed by atoms with Crippen molar-refractivity contribution in [3.05, 3.63) is 29.3 Å². The van der Waals surface area contributed by atoms with E-state index in [-0.39, 0.29) is 17.3 Å². The van der Waals surface area contributed by atoms with Crippen LogP contribution in [0.1, 0.15) is 36.0 Å². The molecule has 4 nitrogen and oxygen atoms in total. The number of amides is 1. The zero-order valence-electron chi connectivity index (χ0n) is 9.80. The Morgan fingerprint density at radius 2 is 1.83 bits per heavy atom. The molecule has 0 radical (unpaired) electrons. The molecule has 1 amide bonds. The Balaban J connectivity index is 2.30. The summed E-state index contributed by atoms with van der Waals surface area (Å²) in [4.78, 5) is 11.5. The van der Waals surface area contributed by atoms with Crippen LogP contribution in [-0.4, -0.2) is 11.9 Å². The van der Waals surface area contributed by atoms with E-state index in [0.717, 1.165) is 37.8 Å². The molecule has 0 atom stereocenters. The first-order valence-corrected chi connectivity index (χ1v) is 5.88. The number of nitrogens with one attached hydrogen (secondary N) is 2. The minimum absolute atomic E-state index is 0.0169. The number of carbonyl (C=O) groups is 1. The van der Waals surface area contributed by atoms with Crippen LogP contribution in [0.4, 0.5) is 14.5 Å². The van der Waals surface area contributed by atoms with Gasteiger partial charge >= 0.3 is 0 Å². The average molecular weight is 255 g/mol. The van der Waals surface area contributed by atoms with Crippen LogP contribution in [0.2, 0.25) is 0 Å². The molecule has 0 spiro atoms. The highest BCUT2D eigenvalue weighted by atomic mass is 19.2. The Morgan fingerprint density at radius 3 is 2.44 bits per heavy atom. The summed E-state index contributed by atoms with van der Waals surface area (Å²) in [6, 6.07) is 2.05. The van der Waals surface area contributed by atoms with Crippen molar-refractivity contribution in [1.29, 1.82) is 0 Å². The molecule has 1 aliphatic rings. The third kappa shape index (κ3) is 2.59. The molecular formula is C12H15F2N3O. The summed E-state index contributed by atoms with van der Waals surface area (Å²) in [5, 5.41) is 3.07. The lowest BCUT2D eigenvalue weighted by molar-refractivity contribution is 0.0954. The number of hydrogen-bond acceptors (Lipinski definition) is 3. The number of hydrogen-bond donors (Lipinski definition) is 3. The standard InChI is InChI=1S/C12H15F2N3O/c13-9-5-8(12(18)17-15)11(6-10(9)14)16-7-3-1-2-4-7/h5-7,16H,1-4,15H2,(H,17,18). The number of hydrazine groups is 1. The van der Waals surface area contributed by atoms with Gasteiger partial charge < -0.3 is 5.32 Å². The van der Waals surface area contributed by atoms with Gasteiger partial charge in [-0.2, -0.15) is 0 Å². The van der Waals surface area contributed by atoms with Crippen LogP contribution in [0.3, 0.4) is 0 Å². The second-order valence-corrected chi connectivity index (χ2v) is 4.41. The highest BCUT2D eigenvalue weighted by Gasteiger charge is 2.20. The first-order valence-electron chi connectivity index (χ1n) is 5.88. The van der Waals surface area contributed by atoms with E-state index in [1.165, 1.54) is 0 Å². The largest absolute Gasteiger partial charge is 0.382 e. The van der Waals surface area contributed by atoms with E-state index in [1.807, 2.05) is 5.43 Å². The molecule has 0 aromatic heterocycles. The third-order valence-electron chi connectivity index (χ3n) is 3.15. The van der Waals surface area contributed by atoms with Gasteiger partial charge in [0.15, 0.2) is 11.6 Å². The van der Waals surface area contributed by atoms with E-state index < -0.39 is 17.5 Å². The molecule has 0 aliphatic heterocycles. The Morgan fingerprint density at radius 1 is 1.22 bits per heavy atom. The van der Waals surface area contributed by atoms with Gasteiger partial charge in [-0.1, -0.05) is 12.8 Å². The van der Waals surface area contributed by atoms with Gasteiger partial charge in [0.2, 0.25) is 0 Å². The zero-order valence-corrected chi connectivity index (χ0v) is 9.80. The molecule has 1 fully saturated rings. The van der Waals surface area contributed by atoms with Crippen molar-refractivity contribution in [3.8, 4) is 0 Å². The lowest BCUT2D eigenvalue weighted by atomic mass is 10.1. The number of rotatable bonds is 3. The minimum Gasteiger partial charge on any atom is -0.382 e. The van der Waals surface area contributed by atoms with Crippen molar-refractivity contribution >= 4 is 11.6 Å². The number of carbonyl (C=O) groups excluding carboxylic acids is 1. The van der Waals surface area contributed by atoms with E-state index in [9.17, 15) is 13.6 Å². The van der Waals surface area contributed by atoms with Crippen molar-refractivity contribution in [2.24, 2.45) is 5.84 Å². The molecule has 1 aliphatic carbocycles. The number of anilines is 1. The number of nitrogen functional groups attached to an aromatic ring is 1. The second kappa shape index (κ2) is 5.30. The smallest absolute Gasteiger partial charge is 0.267 e. The molecule has 1 saturated carbocycles. The second-order valence-electron chi connectivity index (χ2n) is 4.41. The highest BCUT2D eigenvalue weighted by Crippen LogP contribution is 2.26. The molecule has 0 heterocycles. The van der Waals surface area contributed by atoms with Gasteiger partial charge in [-0.15, -0.1) is 0 Å². The van der Waals surface area contributed by atoms with E-state index in [4.69, 9.17) is 5.84 Å². The molecule has 2 rings (SSSR count). The maximum atomic E-state index is 13.2. The maximum Gasteiger partial charge on any atom is 0.267 e. The van der Waals surface area contributed by atoms with Crippen LogP contribution in [0, 0.1) is 11.6 Å². The van der Waals surface area contributed by atoms with Crippen molar-refractivity contribution in [2.75, 3.05) is 5.32 Å². The average Bonchev–Trinajstić information content (AvgIpc) is 2.85. The van der Waals surface area contributed by atoms with Crippen LogP contribution < -0.4 is 16.6 Å². The van der Waals surface area contributed by atoms with Gasteiger partial charge in [-0.25, -0.2) is 14.6 Å². The predicted molar refractivity (Wildman–Crippen MR) is 63.9 cm³/mol. The molecule has 18 heavy (non-hydrogen) atoms. The molecule has 6 heteroatoms. The van der Waals surface area contributed by atoms with E-state index >= 15 is 0 Å². The first kappa shape index (κ1) is 12.8. The fourth-order valence-electron chi connectivity index (χ4n) is 2.22. The van der Waals surface area contributed by atoms with Crippen LogP contribution in [0.25, 0.3) is 0 Å². The Bertz CT molecular complexity index is 459. The summed E-state index contributed by atoms with van der Waals surface area (Å²) < 4.78 is 26.4. The van der Waals surface area contributed by atoms with Gasteiger partial charge in [-0.3, -0.25) is 10.2 Å². The van der Waals surface area contributed by atoms with Crippen LogP contribution in [0.15, 0.2) is 12.1 Å². The van der Waals surface area contributed by atoms with Crippen molar-refractivity contribution in [3.63, 3.8) is 0 Å². The first-order chi connectivity index (χ1) is 8.61. The summed E-state index contributed by atoms with van der Waals surface area (Å²) >= 11 is 0. The van der Waals surface area contributed by atoms with Gasteiger partial charge in [-0.05, 0) is 18.9 Å². The molecule has 1 aromatic carbocycles. The molecular weight excluding hydrogens is 240 g/mol. The van der Waals surface area contributed by atoms with Crippen LogP contribution in [0.5, 0.6) is 0 Å². The fraction of sp³-hybridized carbons (Fsp3) is 0.417. The molecule has 1 aromatic rings. The van der Waals surface area contributed by atoms with E-state index in [1.54, 1.807) is 0 Å². The molecule has 98 valence electrons. The van der Waals surface area contributed by atoms with Crippen molar-refractivity contribution in [2.45, 2.75) is 31.7 Å². The lowest BCUT2D eigenvalue weighted by Crippen LogP contribution is -2.31. The summed E-state index contributed by atoms with van der Waals surface area (Å²) in [6.07, 6.45) is 4.12. The Kier molecular flexibility index (Phi) is 3.76. The zero-order chi connectivity index (χ0) is 13.1. The van der Waals surface area contributed by atoms with E-state index in [0.29, 0.717) is 0 Å². The fourth-order valence-corrected chi connectivity index (χ4v) is 2.22. The Hall–Kier alpha value is -1.69. The quantitative estimate of drug-likeness (QED) is 0.439. The SMILES string of the molecule is NNC(=O)c1cc(F)c(F)cc1NC1CCCC1. The van der Waals surface area contributed by atoms with Crippen molar-refractivity contribution in [1.82, 2.24) is 5.43 Å². The highest BCUT2D eigenvalue weighted by molar-refractivity contribution is 5.99. The third-order valence-corrected chi connectivity index (χ3v) is 3.15. The minimum atomic E-state index is -1.06. The molecule has 0 unspecified atom stereocenters. The normalized spacial score (nSPS) is 15.7. The topological polar surface area (TPSA) is 67.1 Å². The molecule has 0 bridgehead atoms. The number of nitrogens with two attached hydrogens (primary N) is 1. The number of halogens is 2. The van der Waals surface area contributed by atoms with Gasteiger partial charge in [0.1, 0.15) is 0 Å². The number of benzene rings is 1. The molecule has 0 saturated heterocycles. The van der Waals surface area contributed by atoms with Crippen molar-refractivity contribution < 1.29 is 13.6 Å². The lowest BCUT2D eigenvalue weighted by Gasteiger charge is -2.16. The van der Waals surface area contributed by atoms with Gasteiger partial charge in [0.25, 0.3) is 5.91 Å². The maximum absolute atomic E-state index is 13.2. The van der Waals surface area contributed by atoms with Crippen LogP contribution >= 0.6 is 0 Å². The molecule has 4 N–H and O–H groups in total. The van der Waals surface area contributed by atoms with E-state index in [2.05, 4.69) is 5.32 Å². The summed E-state index contributed by atoms with van der Waals surface area (Å²) in [5.74, 6) is 2.34.